The van der Waals surface area contributed by atoms with E-state index in [-0.39, 0.29) is 17.6 Å². The molecule has 1 unspecified atom stereocenters. The zero-order valence-corrected chi connectivity index (χ0v) is 9.67. The van der Waals surface area contributed by atoms with Crippen molar-refractivity contribution in [3.63, 3.8) is 0 Å². The lowest BCUT2D eigenvalue weighted by atomic mass is 10.1. The maximum absolute atomic E-state index is 11.7. The third-order valence-electron chi connectivity index (χ3n) is 2.12. The molecule has 0 spiro atoms. The Hall–Kier alpha value is -0.800. The van der Waals surface area contributed by atoms with Gasteiger partial charge in [0.05, 0.1) is 11.9 Å². The van der Waals surface area contributed by atoms with Crippen molar-refractivity contribution in [1.82, 2.24) is 0 Å². The molecule has 0 aromatic heterocycles. The van der Waals surface area contributed by atoms with Gasteiger partial charge in [-0.15, -0.1) is 11.8 Å². The average molecular weight is 224 g/mol. The van der Waals surface area contributed by atoms with Crippen molar-refractivity contribution in [2.45, 2.75) is 18.6 Å². The number of hydrogen-bond donors (Lipinski definition) is 1. The first-order chi connectivity index (χ1) is 7.29. The van der Waals surface area contributed by atoms with Crippen LogP contribution in [0.25, 0.3) is 0 Å². The Bertz CT molecular complexity index is 298. The second kappa shape index (κ2) is 6.64. The molecule has 15 heavy (non-hydrogen) atoms. The Morgan fingerprint density at radius 2 is 2.07 bits per heavy atom. The first-order valence-electron chi connectivity index (χ1n) is 5.09. The summed E-state index contributed by atoms with van der Waals surface area (Å²) in [5.74, 6) is 0.824. The summed E-state index contributed by atoms with van der Waals surface area (Å²) >= 11 is 1.51. The highest BCUT2D eigenvalue weighted by Gasteiger charge is 2.18. The molecule has 1 atom stereocenters. The zero-order chi connectivity index (χ0) is 11.1. The minimum absolute atomic E-state index is 0.116. The molecule has 0 fully saturated rings. The van der Waals surface area contributed by atoms with Crippen LogP contribution in [0.2, 0.25) is 0 Å². The number of benzene rings is 1. The molecule has 0 heterocycles. The van der Waals surface area contributed by atoms with E-state index in [0.29, 0.717) is 12.2 Å². The quantitative estimate of drug-likeness (QED) is 0.806. The van der Waals surface area contributed by atoms with Crippen LogP contribution in [-0.4, -0.2) is 23.2 Å². The average Bonchev–Trinajstić information content (AvgIpc) is 2.30. The van der Waals surface area contributed by atoms with Crippen LogP contribution in [0.4, 0.5) is 0 Å². The van der Waals surface area contributed by atoms with E-state index in [4.69, 9.17) is 5.11 Å². The van der Waals surface area contributed by atoms with E-state index < -0.39 is 0 Å². The topological polar surface area (TPSA) is 37.3 Å². The second-order valence-electron chi connectivity index (χ2n) is 3.20. The van der Waals surface area contributed by atoms with Gasteiger partial charge in [0.15, 0.2) is 0 Å². The van der Waals surface area contributed by atoms with E-state index in [1.165, 1.54) is 11.8 Å². The molecular formula is C12H16O2S. The molecule has 0 saturated heterocycles. The summed E-state index contributed by atoms with van der Waals surface area (Å²) in [7, 11) is 0. The molecule has 3 heteroatoms. The number of carbonyl (C=O) groups is 1. The lowest BCUT2D eigenvalue weighted by molar-refractivity contribution is -0.118. The Balaban J connectivity index is 2.76. The van der Waals surface area contributed by atoms with Crippen LogP contribution in [0.3, 0.4) is 0 Å². The van der Waals surface area contributed by atoms with Crippen LogP contribution in [0.5, 0.6) is 0 Å². The van der Waals surface area contributed by atoms with Gasteiger partial charge >= 0.3 is 0 Å². The van der Waals surface area contributed by atoms with Crippen molar-refractivity contribution >= 4 is 17.5 Å². The number of rotatable bonds is 6. The number of aliphatic hydroxyl groups excluding tert-OH is 1. The highest BCUT2D eigenvalue weighted by Crippen LogP contribution is 2.30. The molecule has 1 rings (SSSR count). The number of hydrogen-bond acceptors (Lipinski definition) is 3. The molecule has 1 N–H and O–H groups in total. The molecular weight excluding hydrogens is 208 g/mol. The number of ketones is 1. The molecule has 1 aromatic carbocycles. The number of Topliss-reactive ketones (excluding diaryl/α,β-unsaturated/α-hetero) is 1. The SMILES string of the molecule is CCC(=O)C(SCCO)c1ccccc1. The Kier molecular flexibility index (Phi) is 5.43. The van der Waals surface area contributed by atoms with Crippen molar-refractivity contribution < 1.29 is 9.90 Å². The van der Waals surface area contributed by atoms with Gasteiger partial charge in [-0.2, -0.15) is 0 Å². The highest BCUT2D eigenvalue weighted by atomic mass is 32.2. The molecule has 82 valence electrons. The first kappa shape index (κ1) is 12.3. The van der Waals surface area contributed by atoms with E-state index in [0.717, 1.165) is 5.56 Å². The maximum Gasteiger partial charge on any atom is 0.149 e. The molecule has 0 aliphatic heterocycles. The van der Waals surface area contributed by atoms with Crippen molar-refractivity contribution in [2.75, 3.05) is 12.4 Å². The van der Waals surface area contributed by atoms with Gasteiger partial charge in [-0.3, -0.25) is 4.79 Å². The Morgan fingerprint density at radius 3 is 2.60 bits per heavy atom. The minimum Gasteiger partial charge on any atom is -0.396 e. The summed E-state index contributed by atoms with van der Waals surface area (Å²) in [6.07, 6.45) is 0.540. The van der Waals surface area contributed by atoms with Gasteiger partial charge in [-0.05, 0) is 5.56 Å². The standard InChI is InChI=1S/C12H16O2S/c1-2-11(14)12(15-9-8-13)10-6-4-3-5-7-10/h3-7,12-13H,2,8-9H2,1H3. The molecule has 0 radical (unpaired) electrons. The van der Waals surface area contributed by atoms with Crippen molar-refractivity contribution in [3.8, 4) is 0 Å². The summed E-state index contributed by atoms with van der Waals surface area (Å²) in [5, 5.41) is 8.66. The number of aliphatic hydroxyl groups is 1. The monoisotopic (exact) mass is 224 g/mol. The first-order valence-corrected chi connectivity index (χ1v) is 6.14. The fourth-order valence-electron chi connectivity index (χ4n) is 1.36. The lowest BCUT2D eigenvalue weighted by Gasteiger charge is -2.14. The van der Waals surface area contributed by atoms with Gasteiger partial charge in [0.2, 0.25) is 0 Å². The zero-order valence-electron chi connectivity index (χ0n) is 8.85. The van der Waals surface area contributed by atoms with Crippen molar-refractivity contribution in [1.29, 1.82) is 0 Å². The minimum atomic E-state index is -0.122. The largest absolute Gasteiger partial charge is 0.396 e. The predicted molar refractivity (Wildman–Crippen MR) is 64.0 cm³/mol. The van der Waals surface area contributed by atoms with E-state index >= 15 is 0 Å². The maximum atomic E-state index is 11.7. The molecule has 0 amide bonds. The molecule has 1 aromatic rings. The number of carbonyl (C=O) groups excluding carboxylic acids is 1. The molecule has 2 nitrogen and oxygen atoms in total. The van der Waals surface area contributed by atoms with E-state index in [9.17, 15) is 4.79 Å². The van der Waals surface area contributed by atoms with Gasteiger partial charge in [0, 0.05) is 12.2 Å². The third kappa shape index (κ3) is 3.68. The summed E-state index contributed by atoms with van der Waals surface area (Å²) in [6.45, 7) is 1.99. The van der Waals surface area contributed by atoms with Crippen LogP contribution >= 0.6 is 11.8 Å². The molecule has 0 bridgehead atoms. The van der Waals surface area contributed by atoms with Crippen molar-refractivity contribution in [2.24, 2.45) is 0 Å². The smallest absolute Gasteiger partial charge is 0.149 e. The summed E-state index contributed by atoms with van der Waals surface area (Å²) in [4.78, 5) is 11.7. The fraction of sp³-hybridized carbons (Fsp3) is 0.417. The van der Waals surface area contributed by atoms with Gasteiger partial charge in [-0.1, -0.05) is 37.3 Å². The van der Waals surface area contributed by atoms with Gasteiger partial charge in [-0.25, -0.2) is 0 Å². The van der Waals surface area contributed by atoms with Gasteiger partial charge in [0.1, 0.15) is 5.78 Å². The van der Waals surface area contributed by atoms with Crippen LogP contribution in [0, 0.1) is 0 Å². The molecule has 0 aliphatic carbocycles. The van der Waals surface area contributed by atoms with Gasteiger partial charge < -0.3 is 5.11 Å². The third-order valence-corrected chi connectivity index (χ3v) is 3.41. The van der Waals surface area contributed by atoms with Crippen LogP contribution in [0.15, 0.2) is 30.3 Å². The van der Waals surface area contributed by atoms with Crippen LogP contribution < -0.4 is 0 Å². The van der Waals surface area contributed by atoms with E-state index in [1.807, 2.05) is 37.3 Å². The summed E-state index contributed by atoms with van der Waals surface area (Å²) in [6, 6.07) is 9.73. The summed E-state index contributed by atoms with van der Waals surface area (Å²) in [5.41, 5.74) is 1.03. The van der Waals surface area contributed by atoms with E-state index in [1.54, 1.807) is 0 Å². The molecule has 0 aliphatic rings. The molecule has 0 saturated carbocycles. The highest BCUT2D eigenvalue weighted by molar-refractivity contribution is 8.00. The van der Waals surface area contributed by atoms with Gasteiger partial charge in [0.25, 0.3) is 0 Å². The predicted octanol–water partition coefficient (Wildman–Crippen LogP) is 2.43. The van der Waals surface area contributed by atoms with Crippen LogP contribution in [0.1, 0.15) is 24.2 Å². The lowest BCUT2D eigenvalue weighted by Crippen LogP contribution is -2.09. The normalized spacial score (nSPS) is 12.4. The summed E-state index contributed by atoms with van der Waals surface area (Å²) < 4.78 is 0. The second-order valence-corrected chi connectivity index (χ2v) is 4.42. The Morgan fingerprint density at radius 1 is 1.40 bits per heavy atom. The van der Waals surface area contributed by atoms with Crippen molar-refractivity contribution in [3.05, 3.63) is 35.9 Å². The fourth-order valence-corrected chi connectivity index (χ4v) is 2.40. The van der Waals surface area contributed by atoms with Crippen LogP contribution in [-0.2, 0) is 4.79 Å². The van der Waals surface area contributed by atoms with E-state index in [2.05, 4.69) is 0 Å². The number of thioether (sulfide) groups is 1. The Labute approximate surface area is 94.7 Å².